The summed E-state index contributed by atoms with van der Waals surface area (Å²) in [4.78, 5) is 22.4. The van der Waals surface area contributed by atoms with E-state index in [2.05, 4.69) is 15.9 Å². The second kappa shape index (κ2) is 6.69. The number of carbonyl (C=O) groups excluding carboxylic acids is 1. The minimum Gasteiger partial charge on any atom is -0.478 e. The number of benzene rings is 2. The fraction of sp³-hybridized carbons (Fsp3) is 0.0714. The number of nitrogens with zero attached hydrogens (tertiary/aromatic N) is 1. The van der Waals surface area contributed by atoms with E-state index < -0.39 is 4.92 Å². The molecule has 5 nitrogen and oxygen atoms in total. The van der Waals surface area contributed by atoms with Crippen LogP contribution in [-0.2, 0) is 0 Å². The lowest BCUT2D eigenvalue weighted by Crippen LogP contribution is -2.12. The number of carbonyl (C=O) groups is 1. The van der Waals surface area contributed by atoms with Crippen molar-refractivity contribution in [2.24, 2.45) is 0 Å². The molecule has 0 bridgehead atoms. The second-order valence-electron chi connectivity index (χ2n) is 4.06. The van der Waals surface area contributed by atoms with Crippen molar-refractivity contribution >= 4 is 39.0 Å². The van der Waals surface area contributed by atoms with E-state index in [0.29, 0.717) is 15.1 Å². The lowest BCUT2D eigenvalue weighted by Gasteiger charge is -2.07. The largest absolute Gasteiger partial charge is 0.478 e. The highest BCUT2D eigenvalue weighted by Gasteiger charge is 2.17. The fourth-order valence-electron chi connectivity index (χ4n) is 1.66. The van der Waals surface area contributed by atoms with Gasteiger partial charge in [0.1, 0.15) is 0 Å². The van der Waals surface area contributed by atoms with Crippen molar-refractivity contribution in [3.05, 3.63) is 67.6 Å². The standard InChI is InChI=1S/C14H9BrClNO4/c15-11-4-2-1-3-10(11)13(18)8-21-14-7-9(16)5-6-12(14)17(19)20/h1-7H,8H2. The van der Waals surface area contributed by atoms with Gasteiger partial charge in [0.25, 0.3) is 0 Å². The summed E-state index contributed by atoms with van der Waals surface area (Å²) in [5.74, 6) is -0.329. The van der Waals surface area contributed by atoms with Gasteiger partial charge in [-0.3, -0.25) is 14.9 Å². The van der Waals surface area contributed by atoms with E-state index >= 15 is 0 Å². The number of hydrogen-bond donors (Lipinski definition) is 0. The van der Waals surface area contributed by atoms with Gasteiger partial charge in [0.2, 0.25) is 5.78 Å². The maximum Gasteiger partial charge on any atom is 0.311 e. The van der Waals surface area contributed by atoms with Crippen LogP contribution < -0.4 is 4.74 Å². The molecule has 0 amide bonds. The molecule has 0 aliphatic carbocycles. The smallest absolute Gasteiger partial charge is 0.311 e. The van der Waals surface area contributed by atoms with E-state index in [1.54, 1.807) is 24.3 Å². The van der Waals surface area contributed by atoms with Crippen LogP contribution in [0.15, 0.2) is 46.9 Å². The van der Waals surface area contributed by atoms with Gasteiger partial charge in [-0.25, -0.2) is 0 Å². The number of ether oxygens (including phenoxy) is 1. The summed E-state index contributed by atoms with van der Waals surface area (Å²) < 4.78 is 5.89. The summed E-state index contributed by atoms with van der Waals surface area (Å²) >= 11 is 9.05. The Labute approximate surface area is 133 Å². The molecule has 0 saturated carbocycles. The van der Waals surface area contributed by atoms with E-state index in [-0.39, 0.29) is 23.8 Å². The summed E-state index contributed by atoms with van der Waals surface area (Å²) in [7, 11) is 0. The predicted molar refractivity (Wildman–Crippen MR) is 82.1 cm³/mol. The Balaban J connectivity index is 2.17. The van der Waals surface area contributed by atoms with E-state index in [4.69, 9.17) is 16.3 Å². The van der Waals surface area contributed by atoms with Crippen molar-refractivity contribution < 1.29 is 14.5 Å². The third kappa shape index (κ3) is 3.80. The minimum atomic E-state index is -0.589. The molecule has 0 N–H and O–H groups in total. The molecular formula is C14H9BrClNO4. The third-order valence-electron chi connectivity index (χ3n) is 2.65. The van der Waals surface area contributed by atoms with Gasteiger partial charge in [0.15, 0.2) is 12.4 Å². The van der Waals surface area contributed by atoms with E-state index in [9.17, 15) is 14.9 Å². The molecule has 2 aromatic carbocycles. The summed E-state index contributed by atoms with van der Waals surface area (Å²) in [5, 5.41) is 11.2. The third-order valence-corrected chi connectivity index (χ3v) is 3.58. The highest BCUT2D eigenvalue weighted by atomic mass is 79.9. The van der Waals surface area contributed by atoms with Gasteiger partial charge in [-0.15, -0.1) is 0 Å². The van der Waals surface area contributed by atoms with Crippen LogP contribution in [0.4, 0.5) is 5.69 Å². The summed E-state index contributed by atoms with van der Waals surface area (Å²) in [6, 6.07) is 10.8. The molecule has 0 fully saturated rings. The molecule has 0 aliphatic rings. The highest BCUT2D eigenvalue weighted by molar-refractivity contribution is 9.10. The van der Waals surface area contributed by atoms with Crippen molar-refractivity contribution in [3.8, 4) is 5.75 Å². The minimum absolute atomic E-state index is 0.0343. The first-order chi connectivity index (χ1) is 9.99. The normalized spacial score (nSPS) is 10.2. The van der Waals surface area contributed by atoms with Crippen molar-refractivity contribution in [1.82, 2.24) is 0 Å². The number of rotatable bonds is 5. The summed E-state index contributed by atoms with van der Waals surface area (Å²) in [6.45, 7) is -0.316. The molecule has 0 heterocycles. The van der Waals surface area contributed by atoms with Gasteiger partial charge in [-0.2, -0.15) is 0 Å². The zero-order chi connectivity index (χ0) is 15.4. The lowest BCUT2D eigenvalue weighted by atomic mass is 10.1. The first kappa shape index (κ1) is 15.5. The Kier molecular flexibility index (Phi) is 4.93. The van der Waals surface area contributed by atoms with Gasteiger partial charge >= 0.3 is 5.69 Å². The second-order valence-corrected chi connectivity index (χ2v) is 5.35. The number of nitro groups is 1. The Hall–Kier alpha value is -1.92. The molecule has 2 aromatic rings. The van der Waals surface area contributed by atoms with Crippen molar-refractivity contribution in [3.63, 3.8) is 0 Å². The van der Waals surface area contributed by atoms with Crippen LogP contribution in [0.1, 0.15) is 10.4 Å². The van der Waals surface area contributed by atoms with Gasteiger partial charge < -0.3 is 4.74 Å². The Morgan fingerprint density at radius 1 is 1.29 bits per heavy atom. The van der Waals surface area contributed by atoms with Crippen LogP contribution in [0.3, 0.4) is 0 Å². The summed E-state index contributed by atoms with van der Waals surface area (Å²) in [6.07, 6.45) is 0. The van der Waals surface area contributed by atoms with Crippen molar-refractivity contribution in [2.75, 3.05) is 6.61 Å². The quantitative estimate of drug-likeness (QED) is 0.448. The average molecular weight is 371 g/mol. The molecule has 0 unspecified atom stereocenters. The first-order valence-electron chi connectivity index (χ1n) is 5.83. The van der Waals surface area contributed by atoms with E-state index in [1.807, 2.05) is 0 Å². The molecule has 2 rings (SSSR count). The molecule has 0 saturated heterocycles. The van der Waals surface area contributed by atoms with Crippen LogP contribution in [-0.4, -0.2) is 17.3 Å². The zero-order valence-electron chi connectivity index (χ0n) is 10.6. The summed E-state index contributed by atoms with van der Waals surface area (Å²) in [5.41, 5.74) is 0.210. The Morgan fingerprint density at radius 2 is 2.00 bits per heavy atom. The van der Waals surface area contributed by atoms with Crippen LogP contribution in [0.25, 0.3) is 0 Å². The molecule has 0 spiro atoms. The fourth-order valence-corrected chi connectivity index (χ4v) is 2.33. The first-order valence-corrected chi connectivity index (χ1v) is 7.00. The van der Waals surface area contributed by atoms with Crippen molar-refractivity contribution in [2.45, 2.75) is 0 Å². The van der Waals surface area contributed by atoms with Gasteiger partial charge in [0, 0.05) is 27.2 Å². The zero-order valence-corrected chi connectivity index (χ0v) is 12.9. The molecule has 0 aromatic heterocycles. The Morgan fingerprint density at radius 3 is 2.67 bits per heavy atom. The molecular weight excluding hydrogens is 362 g/mol. The highest BCUT2D eigenvalue weighted by Crippen LogP contribution is 2.30. The molecule has 21 heavy (non-hydrogen) atoms. The van der Waals surface area contributed by atoms with E-state index in [1.165, 1.54) is 18.2 Å². The maximum absolute atomic E-state index is 12.0. The lowest BCUT2D eigenvalue weighted by molar-refractivity contribution is -0.385. The van der Waals surface area contributed by atoms with E-state index in [0.717, 1.165) is 0 Å². The molecule has 0 radical (unpaired) electrons. The maximum atomic E-state index is 12.0. The van der Waals surface area contributed by atoms with Gasteiger partial charge in [-0.05, 0) is 12.1 Å². The van der Waals surface area contributed by atoms with Crippen LogP contribution >= 0.6 is 27.5 Å². The number of ketones is 1. The van der Waals surface area contributed by atoms with Crippen LogP contribution in [0, 0.1) is 10.1 Å². The molecule has 0 aliphatic heterocycles. The van der Waals surface area contributed by atoms with Crippen molar-refractivity contribution in [1.29, 1.82) is 0 Å². The average Bonchev–Trinajstić information content (AvgIpc) is 2.45. The van der Waals surface area contributed by atoms with Gasteiger partial charge in [0.05, 0.1) is 4.92 Å². The number of hydrogen-bond acceptors (Lipinski definition) is 4. The SMILES string of the molecule is O=C(COc1cc(Cl)ccc1[N+](=O)[O-])c1ccccc1Br. The number of Topliss-reactive ketones (excluding diaryl/α,β-unsaturated/α-hetero) is 1. The number of nitro benzene ring substituents is 1. The monoisotopic (exact) mass is 369 g/mol. The molecule has 0 atom stereocenters. The topological polar surface area (TPSA) is 69.4 Å². The predicted octanol–water partition coefficient (Wildman–Crippen LogP) is 4.27. The molecule has 108 valence electrons. The van der Waals surface area contributed by atoms with Gasteiger partial charge in [-0.1, -0.05) is 45.7 Å². The molecule has 7 heteroatoms. The Bertz CT molecular complexity index is 705. The van der Waals surface area contributed by atoms with Crippen LogP contribution in [0.2, 0.25) is 5.02 Å². The van der Waals surface area contributed by atoms with Crippen LogP contribution in [0.5, 0.6) is 5.75 Å². The number of halogens is 2.